The maximum Gasteiger partial charge on any atom is 0.487 e. The zero-order valence-corrected chi connectivity index (χ0v) is 13.6. The van der Waals surface area contributed by atoms with Gasteiger partial charge in [0.2, 0.25) is 0 Å². The summed E-state index contributed by atoms with van der Waals surface area (Å²) < 4.78 is 13.8. The summed E-state index contributed by atoms with van der Waals surface area (Å²) in [6.45, 7) is 14.6. The standard InChI is InChI=1S/C15H25BN2O2/c1-13(2,3)18-11-12(10-17-18)8-9-16-19-14(4,5)15(6,7)20-16/h8-11H,1-7H3/b9-8+. The van der Waals surface area contributed by atoms with Crippen LogP contribution in [0.15, 0.2) is 18.4 Å². The Balaban J connectivity index is 2.07. The van der Waals surface area contributed by atoms with Crippen molar-refractivity contribution >= 4 is 13.2 Å². The van der Waals surface area contributed by atoms with Crippen LogP contribution in [0.1, 0.15) is 54.0 Å². The Labute approximate surface area is 122 Å². The maximum atomic E-state index is 5.92. The average Bonchev–Trinajstić information content (AvgIpc) is 2.79. The molecule has 1 aliphatic rings. The predicted molar refractivity (Wildman–Crippen MR) is 82.3 cm³/mol. The topological polar surface area (TPSA) is 36.3 Å². The van der Waals surface area contributed by atoms with E-state index in [1.54, 1.807) is 0 Å². The molecule has 0 amide bonds. The molecule has 0 atom stereocenters. The fourth-order valence-electron chi connectivity index (χ4n) is 1.95. The van der Waals surface area contributed by atoms with E-state index in [1.165, 1.54) is 0 Å². The van der Waals surface area contributed by atoms with Crippen molar-refractivity contribution < 1.29 is 9.31 Å². The Morgan fingerprint density at radius 2 is 1.70 bits per heavy atom. The van der Waals surface area contributed by atoms with Crippen LogP contribution in [-0.4, -0.2) is 28.1 Å². The van der Waals surface area contributed by atoms with Gasteiger partial charge in [-0.3, -0.25) is 4.68 Å². The first-order valence-electron chi connectivity index (χ1n) is 7.10. The van der Waals surface area contributed by atoms with E-state index < -0.39 is 0 Å². The average molecular weight is 276 g/mol. The molecule has 0 aliphatic carbocycles. The third-order valence-corrected chi connectivity index (χ3v) is 4.01. The van der Waals surface area contributed by atoms with E-state index in [9.17, 15) is 0 Å². The molecule has 2 rings (SSSR count). The highest BCUT2D eigenvalue weighted by Crippen LogP contribution is 2.37. The van der Waals surface area contributed by atoms with E-state index in [1.807, 2.05) is 29.1 Å². The Morgan fingerprint density at radius 1 is 1.15 bits per heavy atom. The van der Waals surface area contributed by atoms with Crippen molar-refractivity contribution in [3.63, 3.8) is 0 Å². The summed E-state index contributed by atoms with van der Waals surface area (Å²) in [5.41, 5.74) is 0.459. The van der Waals surface area contributed by atoms with E-state index >= 15 is 0 Å². The van der Waals surface area contributed by atoms with Crippen LogP contribution >= 0.6 is 0 Å². The summed E-state index contributed by atoms with van der Waals surface area (Å²) in [5, 5.41) is 4.37. The molecule has 0 radical (unpaired) electrons. The second-order valence-corrected chi connectivity index (χ2v) is 7.37. The lowest BCUT2D eigenvalue weighted by molar-refractivity contribution is 0.00578. The first-order valence-corrected chi connectivity index (χ1v) is 7.10. The summed E-state index contributed by atoms with van der Waals surface area (Å²) >= 11 is 0. The number of hydrogen-bond acceptors (Lipinski definition) is 3. The van der Waals surface area contributed by atoms with Crippen molar-refractivity contribution in [3.05, 3.63) is 23.9 Å². The highest BCUT2D eigenvalue weighted by molar-refractivity contribution is 6.52. The maximum absolute atomic E-state index is 5.92. The lowest BCUT2D eigenvalue weighted by Gasteiger charge is -2.32. The summed E-state index contributed by atoms with van der Waals surface area (Å²) in [6, 6.07) is 0. The third kappa shape index (κ3) is 2.99. The molecule has 1 aromatic heterocycles. The van der Waals surface area contributed by atoms with Gasteiger partial charge in [0.1, 0.15) is 0 Å². The van der Waals surface area contributed by atoms with Gasteiger partial charge in [0.25, 0.3) is 0 Å². The zero-order valence-electron chi connectivity index (χ0n) is 13.6. The SMILES string of the molecule is CC(C)(C)n1cc(/C=C/B2OC(C)(C)C(C)(C)O2)cn1. The molecule has 0 saturated carbocycles. The summed E-state index contributed by atoms with van der Waals surface area (Å²) in [7, 11) is -0.307. The molecule has 2 heterocycles. The van der Waals surface area contributed by atoms with Gasteiger partial charge >= 0.3 is 7.12 Å². The minimum absolute atomic E-state index is 0.00354. The molecule has 0 N–H and O–H groups in total. The molecule has 110 valence electrons. The van der Waals surface area contributed by atoms with Crippen LogP contribution in [0.4, 0.5) is 0 Å². The highest BCUT2D eigenvalue weighted by Gasteiger charge is 2.49. The van der Waals surface area contributed by atoms with Gasteiger partial charge < -0.3 is 9.31 Å². The molecule has 0 unspecified atom stereocenters. The summed E-state index contributed by atoms with van der Waals surface area (Å²) in [6.07, 6.45) is 5.88. The van der Waals surface area contributed by atoms with Crippen molar-refractivity contribution in [2.24, 2.45) is 0 Å². The number of hydrogen-bond donors (Lipinski definition) is 0. The largest absolute Gasteiger partial charge is 0.487 e. The summed E-state index contributed by atoms with van der Waals surface area (Å²) in [4.78, 5) is 0. The molecule has 5 heteroatoms. The third-order valence-electron chi connectivity index (χ3n) is 4.01. The number of aromatic nitrogens is 2. The first-order chi connectivity index (χ1) is 9.01. The van der Waals surface area contributed by atoms with Gasteiger partial charge in [0.15, 0.2) is 0 Å². The smallest absolute Gasteiger partial charge is 0.400 e. The van der Waals surface area contributed by atoms with Crippen molar-refractivity contribution in [1.82, 2.24) is 9.78 Å². The second-order valence-electron chi connectivity index (χ2n) is 7.37. The van der Waals surface area contributed by atoms with Crippen LogP contribution in [0.3, 0.4) is 0 Å². The van der Waals surface area contributed by atoms with Crippen LogP contribution in [0, 0.1) is 0 Å². The van der Waals surface area contributed by atoms with Gasteiger partial charge in [-0.05, 0) is 48.5 Å². The van der Waals surface area contributed by atoms with E-state index in [0.717, 1.165) is 5.56 Å². The highest BCUT2D eigenvalue weighted by atomic mass is 16.7. The molecule has 1 saturated heterocycles. The molecule has 1 aliphatic heterocycles. The Bertz CT molecular complexity index is 496. The van der Waals surface area contributed by atoms with Crippen LogP contribution in [-0.2, 0) is 14.8 Å². The predicted octanol–water partition coefficient (Wildman–Crippen LogP) is 3.28. The number of nitrogens with zero attached hydrogens (tertiary/aromatic N) is 2. The van der Waals surface area contributed by atoms with Crippen molar-refractivity contribution in [2.75, 3.05) is 0 Å². The van der Waals surface area contributed by atoms with Crippen molar-refractivity contribution in [2.45, 2.75) is 65.2 Å². The molecule has 1 fully saturated rings. The zero-order chi connectivity index (χ0) is 15.2. The quantitative estimate of drug-likeness (QED) is 0.778. The van der Waals surface area contributed by atoms with Crippen LogP contribution < -0.4 is 0 Å². The van der Waals surface area contributed by atoms with E-state index in [4.69, 9.17) is 9.31 Å². The monoisotopic (exact) mass is 276 g/mol. The molecule has 4 nitrogen and oxygen atoms in total. The lowest BCUT2D eigenvalue weighted by atomic mass is 9.89. The fraction of sp³-hybridized carbons (Fsp3) is 0.667. The Hall–Kier alpha value is -1.07. The van der Waals surface area contributed by atoms with Gasteiger partial charge in [-0.25, -0.2) is 0 Å². The molecular weight excluding hydrogens is 251 g/mol. The van der Waals surface area contributed by atoms with Crippen molar-refractivity contribution in [3.8, 4) is 0 Å². The molecule has 0 aromatic carbocycles. The fourth-order valence-corrected chi connectivity index (χ4v) is 1.95. The van der Waals surface area contributed by atoms with Gasteiger partial charge in [-0.15, -0.1) is 0 Å². The van der Waals surface area contributed by atoms with E-state index in [-0.39, 0.29) is 23.9 Å². The van der Waals surface area contributed by atoms with E-state index in [0.29, 0.717) is 0 Å². The van der Waals surface area contributed by atoms with Crippen molar-refractivity contribution in [1.29, 1.82) is 0 Å². The Kier molecular flexibility index (Phi) is 3.63. The van der Waals surface area contributed by atoms with Crippen LogP contribution in [0.25, 0.3) is 6.08 Å². The number of rotatable bonds is 2. The molecule has 1 aromatic rings. The van der Waals surface area contributed by atoms with Gasteiger partial charge in [-0.1, -0.05) is 12.1 Å². The second kappa shape index (κ2) is 4.74. The molecule has 20 heavy (non-hydrogen) atoms. The van der Waals surface area contributed by atoms with Gasteiger partial charge in [0, 0.05) is 11.8 Å². The Morgan fingerprint density at radius 3 is 2.15 bits per heavy atom. The first kappa shape index (κ1) is 15.3. The van der Waals surface area contributed by atoms with Gasteiger partial charge in [0.05, 0.1) is 22.9 Å². The minimum atomic E-state index is -0.307. The normalized spacial score (nSPS) is 21.9. The molecular formula is C15H25BN2O2. The molecule has 0 spiro atoms. The summed E-state index contributed by atoms with van der Waals surface area (Å²) in [5.74, 6) is 1.94. The molecule has 0 bridgehead atoms. The lowest BCUT2D eigenvalue weighted by Crippen LogP contribution is -2.41. The van der Waals surface area contributed by atoms with Gasteiger partial charge in [-0.2, -0.15) is 5.10 Å². The van der Waals surface area contributed by atoms with E-state index in [2.05, 4.69) is 53.6 Å². The van der Waals surface area contributed by atoms with Crippen LogP contribution in [0.5, 0.6) is 0 Å². The van der Waals surface area contributed by atoms with Crippen LogP contribution in [0.2, 0.25) is 0 Å². The minimum Gasteiger partial charge on any atom is -0.400 e.